The van der Waals surface area contributed by atoms with Gasteiger partial charge in [-0.2, -0.15) is 22.0 Å². The van der Waals surface area contributed by atoms with Gasteiger partial charge in [-0.1, -0.05) is 109 Å². The molecule has 0 amide bonds. The van der Waals surface area contributed by atoms with Crippen LogP contribution in [0.4, 0.5) is 35.1 Å². The standard InChI is InChI=1S/C39H20F8O/c40-37(41,38(42,43)44)32-20-14-23-11-17-29-30(18-12-22-13-19-31(32)35(23)34(22)29)36-27-7-3-1-5-25(27)33(26-6-2-4-8-28(26)36)21-9-15-24(16-10-21)48-39(45,46)47/h1-20H. The Morgan fingerprint density at radius 1 is 0.417 bits per heavy atom. The largest absolute Gasteiger partial charge is 0.573 e. The van der Waals surface area contributed by atoms with Gasteiger partial charge >= 0.3 is 18.5 Å². The van der Waals surface area contributed by atoms with E-state index in [9.17, 15) is 35.1 Å². The van der Waals surface area contributed by atoms with Crippen LogP contribution in [0.2, 0.25) is 0 Å². The summed E-state index contributed by atoms with van der Waals surface area (Å²) in [6, 6.07) is 33.2. The molecule has 1 nitrogen and oxygen atoms in total. The zero-order valence-electron chi connectivity index (χ0n) is 24.5. The molecule has 0 saturated carbocycles. The number of ether oxygens (including phenoxy) is 1. The Balaban J connectivity index is 1.43. The predicted molar refractivity (Wildman–Crippen MR) is 173 cm³/mol. The highest BCUT2D eigenvalue weighted by atomic mass is 19.4. The van der Waals surface area contributed by atoms with Crippen molar-refractivity contribution in [3.63, 3.8) is 0 Å². The van der Waals surface area contributed by atoms with E-state index in [0.717, 1.165) is 44.3 Å². The summed E-state index contributed by atoms with van der Waals surface area (Å²) in [4.78, 5) is 0. The van der Waals surface area contributed by atoms with Crippen molar-refractivity contribution in [2.75, 3.05) is 0 Å². The Morgan fingerprint density at radius 2 is 0.896 bits per heavy atom. The SMILES string of the molecule is FC(F)(F)Oc1ccc(-c2c3ccccc3c(-c3ccc4ccc5c(C(F)(F)C(F)(F)F)ccc6ccc3c4c65)c3ccccc23)cc1. The average Bonchev–Trinajstić information content (AvgIpc) is 3.05. The minimum atomic E-state index is -5.77. The molecule has 48 heavy (non-hydrogen) atoms. The number of benzene rings is 8. The number of hydrogen-bond acceptors (Lipinski definition) is 1. The summed E-state index contributed by atoms with van der Waals surface area (Å²) in [6.45, 7) is 0. The molecule has 0 fully saturated rings. The van der Waals surface area contributed by atoms with Gasteiger partial charge in [-0.05, 0) is 88.2 Å². The monoisotopic (exact) mass is 656 g/mol. The molecule has 8 rings (SSSR count). The Bertz CT molecular complexity index is 2470. The van der Waals surface area contributed by atoms with E-state index < -0.39 is 24.0 Å². The van der Waals surface area contributed by atoms with Gasteiger partial charge in [0.2, 0.25) is 0 Å². The highest BCUT2D eigenvalue weighted by Crippen LogP contribution is 2.50. The molecule has 0 aromatic heterocycles. The van der Waals surface area contributed by atoms with Crippen LogP contribution in [0.1, 0.15) is 5.56 Å². The van der Waals surface area contributed by atoms with Crippen molar-refractivity contribution in [3.8, 4) is 28.0 Å². The van der Waals surface area contributed by atoms with Crippen LogP contribution in [-0.2, 0) is 5.92 Å². The van der Waals surface area contributed by atoms with Crippen molar-refractivity contribution < 1.29 is 39.9 Å². The fourth-order valence-corrected chi connectivity index (χ4v) is 7.00. The van der Waals surface area contributed by atoms with Gasteiger partial charge < -0.3 is 4.74 Å². The van der Waals surface area contributed by atoms with Crippen LogP contribution < -0.4 is 4.74 Å². The summed E-state index contributed by atoms with van der Waals surface area (Å²) >= 11 is 0. The van der Waals surface area contributed by atoms with Crippen LogP contribution in [0.25, 0.3) is 76.1 Å². The number of hydrogen-bond donors (Lipinski definition) is 0. The average molecular weight is 657 g/mol. The zero-order chi connectivity index (χ0) is 33.6. The third-order valence-electron chi connectivity index (χ3n) is 8.94. The van der Waals surface area contributed by atoms with Gasteiger partial charge in [0, 0.05) is 5.56 Å². The fourth-order valence-electron chi connectivity index (χ4n) is 7.00. The first-order chi connectivity index (χ1) is 22.8. The Hall–Kier alpha value is -5.44. The van der Waals surface area contributed by atoms with Crippen LogP contribution in [-0.4, -0.2) is 12.5 Å². The first-order valence-electron chi connectivity index (χ1n) is 14.8. The lowest BCUT2D eigenvalue weighted by molar-refractivity contribution is -0.288. The normalized spacial score (nSPS) is 13.0. The molecule has 0 atom stereocenters. The molecule has 0 unspecified atom stereocenters. The van der Waals surface area contributed by atoms with Gasteiger partial charge in [0.1, 0.15) is 5.75 Å². The second kappa shape index (κ2) is 10.3. The number of rotatable bonds is 4. The topological polar surface area (TPSA) is 9.23 Å². The second-order valence-corrected chi connectivity index (χ2v) is 11.6. The lowest BCUT2D eigenvalue weighted by atomic mass is 9.83. The van der Waals surface area contributed by atoms with Crippen LogP contribution in [0, 0.1) is 0 Å². The first-order valence-corrected chi connectivity index (χ1v) is 14.8. The van der Waals surface area contributed by atoms with E-state index in [1.165, 1.54) is 24.3 Å². The van der Waals surface area contributed by atoms with Gasteiger partial charge in [0.15, 0.2) is 0 Å². The van der Waals surface area contributed by atoms with Crippen LogP contribution in [0.15, 0.2) is 121 Å². The van der Waals surface area contributed by atoms with Crippen LogP contribution in [0.5, 0.6) is 5.75 Å². The Labute approximate surface area is 266 Å². The van der Waals surface area contributed by atoms with Gasteiger partial charge in [0.25, 0.3) is 0 Å². The Morgan fingerprint density at radius 3 is 1.44 bits per heavy atom. The van der Waals surface area contributed by atoms with E-state index in [0.29, 0.717) is 32.5 Å². The van der Waals surface area contributed by atoms with E-state index in [4.69, 9.17) is 0 Å². The maximum Gasteiger partial charge on any atom is 0.573 e. The summed E-state index contributed by atoms with van der Waals surface area (Å²) in [5, 5.41) is 5.88. The third kappa shape index (κ3) is 4.52. The lowest BCUT2D eigenvalue weighted by Gasteiger charge is -2.23. The molecule has 0 aliphatic heterocycles. The van der Waals surface area contributed by atoms with E-state index in [-0.39, 0.29) is 11.1 Å². The quantitative estimate of drug-likeness (QED) is 0.104. The number of halogens is 8. The van der Waals surface area contributed by atoms with E-state index in [1.807, 2.05) is 66.7 Å². The predicted octanol–water partition coefficient (Wildman–Crippen LogP) is 12.8. The molecule has 8 aromatic carbocycles. The molecule has 0 aliphatic rings. The number of fused-ring (bicyclic) bond motifs is 2. The molecule has 0 aliphatic carbocycles. The highest BCUT2D eigenvalue weighted by molar-refractivity contribution is 6.29. The van der Waals surface area contributed by atoms with Gasteiger partial charge in [-0.25, -0.2) is 0 Å². The maximum atomic E-state index is 14.8. The smallest absolute Gasteiger partial charge is 0.406 e. The molecule has 8 aromatic rings. The van der Waals surface area contributed by atoms with Crippen molar-refractivity contribution in [2.24, 2.45) is 0 Å². The second-order valence-electron chi connectivity index (χ2n) is 11.6. The van der Waals surface area contributed by atoms with Crippen LogP contribution in [0.3, 0.4) is 0 Å². The van der Waals surface area contributed by atoms with Gasteiger partial charge in [-0.3, -0.25) is 0 Å². The van der Waals surface area contributed by atoms with E-state index in [2.05, 4.69) is 4.74 Å². The minimum Gasteiger partial charge on any atom is -0.406 e. The summed E-state index contributed by atoms with van der Waals surface area (Å²) < 4.78 is 113. The summed E-state index contributed by atoms with van der Waals surface area (Å²) in [5.41, 5.74) is 1.92. The fraction of sp³-hybridized carbons (Fsp3) is 0.0769. The molecule has 238 valence electrons. The zero-order valence-corrected chi connectivity index (χ0v) is 24.5. The molecule has 0 spiro atoms. The summed E-state index contributed by atoms with van der Waals surface area (Å²) in [5.74, 6) is -5.40. The maximum absolute atomic E-state index is 14.8. The highest BCUT2D eigenvalue weighted by Gasteiger charge is 2.59. The first kappa shape index (κ1) is 29.9. The molecule has 0 bridgehead atoms. The Kier molecular flexibility index (Phi) is 6.41. The minimum absolute atomic E-state index is 0.173. The van der Waals surface area contributed by atoms with Crippen molar-refractivity contribution in [2.45, 2.75) is 18.5 Å². The van der Waals surface area contributed by atoms with Crippen molar-refractivity contribution in [3.05, 3.63) is 127 Å². The van der Waals surface area contributed by atoms with Crippen LogP contribution >= 0.6 is 0 Å². The van der Waals surface area contributed by atoms with E-state index in [1.54, 1.807) is 24.3 Å². The van der Waals surface area contributed by atoms with Crippen molar-refractivity contribution in [1.29, 1.82) is 0 Å². The van der Waals surface area contributed by atoms with Crippen molar-refractivity contribution >= 4 is 53.9 Å². The van der Waals surface area contributed by atoms with Gasteiger partial charge in [0.05, 0.1) is 0 Å². The summed E-state index contributed by atoms with van der Waals surface area (Å²) in [6.07, 6.45) is -10.6. The molecule has 0 radical (unpaired) electrons. The molecule has 9 heteroatoms. The third-order valence-corrected chi connectivity index (χ3v) is 8.94. The molecule has 0 N–H and O–H groups in total. The number of alkyl halides is 8. The molecule has 0 heterocycles. The van der Waals surface area contributed by atoms with Crippen molar-refractivity contribution in [1.82, 2.24) is 0 Å². The van der Waals surface area contributed by atoms with E-state index >= 15 is 0 Å². The summed E-state index contributed by atoms with van der Waals surface area (Å²) in [7, 11) is 0. The lowest BCUT2D eigenvalue weighted by Crippen LogP contribution is -2.33. The molecule has 0 saturated heterocycles. The molecular formula is C39H20F8O. The molecular weight excluding hydrogens is 636 g/mol. The van der Waals surface area contributed by atoms with Gasteiger partial charge in [-0.15, -0.1) is 13.2 Å².